The number of benzene rings is 2. The molecule has 3 heterocycles. The van der Waals surface area contributed by atoms with Crippen LogP contribution < -0.4 is 15.8 Å². The SMILES string of the molecule is CC(C)(C)c1ccc(C(N)=O)s1.CCCCCCCOc1ccc(-c2cnc(-c3ccc(CCC(=O)N4CCCC4C(=O)NCC(=O)O)cc3)nc2)cc1. The van der Waals surface area contributed by atoms with Crippen molar-refractivity contribution in [3.05, 3.63) is 88.4 Å². The maximum atomic E-state index is 12.8. The maximum Gasteiger partial charge on any atom is 0.322 e. The Bertz CT molecular complexity index is 1820. The van der Waals surface area contributed by atoms with Gasteiger partial charge in [0, 0.05) is 41.4 Å². The van der Waals surface area contributed by atoms with Gasteiger partial charge in [-0.1, -0.05) is 89.8 Å². The van der Waals surface area contributed by atoms with Crippen molar-refractivity contribution in [2.45, 2.75) is 96.9 Å². The number of hydrogen-bond donors (Lipinski definition) is 3. The number of aliphatic carboxylic acids is 1. The molecule has 1 fully saturated rings. The van der Waals surface area contributed by atoms with Crippen LogP contribution in [0.15, 0.2) is 73.1 Å². The quantitative estimate of drug-likeness (QED) is 0.0994. The van der Waals surface area contributed by atoms with Crippen LogP contribution in [-0.2, 0) is 26.2 Å². The smallest absolute Gasteiger partial charge is 0.322 e. The van der Waals surface area contributed by atoms with E-state index in [1.807, 2.05) is 67.0 Å². The van der Waals surface area contributed by atoms with Gasteiger partial charge in [0.2, 0.25) is 11.8 Å². The molecule has 4 aromatic rings. The summed E-state index contributed by atoms with van der Waals surface area (Å²) in [5, 5.41) is 11.2. The number of thiophene rings is 1. The summed E-state index contributed by atoms with van der Waals surface area (Å²) < 4.78 is 5.86. The molecule has 54 heavy (non-hydrogen) atoms. The van der Waals surface area contributed by atoms with Crippen molar-refractivity contribution in [2.24, 2.45) is 5.73 Å². The van der Waals surface area contributed by atoms with E-state index in [4.69, 9.17) is 15.6 Å². The van der Waals surface area contributed by atoms with Crippen molar-refractivity contribution in [2.75, 3.05) is 19.7 Å². The molecule has 0 saturated carbocycles. The number of aromatic nitrogens is 2. The Kier molecular flexibility index (Phi) is 15.7. The number of carboxylic acids is 1. The minimum Gasteiger partial charge on any atom is -0.494 e. The van der Waals surface area contributed by atoms with Gasteiger partial charge in [0.15, 0.2) is 5.82 Å². The van der Waals surface area contributed by atoms with Crippen LogP contribution in [0.1, 0.15) is 99.2 Å². The number of carbonyl (C=O) groups excluding carboxylic acids is 3. The minimum atomic E-state index is -1.11. The summed E-state index contributed by atoms with van der Waals surface area (Å²) in [6.07, 6.45) is 11.8. The van der Waals surface area contributed by atoms with Crippen LogP contribution in [0.5, 0.6) is 5.75 Å². The summed E-state index contributed by atoms with van der Waals surface area (Å²) in [6.45, 7) is 9.36. The van der Waals surface area contributed by atoms with Gasteiger partial charge in [0.05, 0.1) is 11.5 Å². The monoisotopic (exact) mass is 755 g/mol. The van der Waals surface area contributed by atoms with E-state index < -0.39 is 24.5 Å². The van der Waals surface area contributed by atoms with Gasteiger partial charge < -0.3 is 25.8 Å². The third-order valence-corrected chi connectivity index (χ3v) is 10.6. The molecule has 1 aliphatic rings. The second-order valence-electron chi connectivity index (χ2n) is 14.4. The number of carboxylic acid groups (broad SMARTS) is 1. The van der Waals surface area contributed by atoms with Crippen molar-refractivity contribution >= 4 is 35.0 Å². The highest BCUT2D eigenvalue weighted by Crippen LogP contribution is 2.29. The standard InChI is InChI=1S/C33H40N4O5.C9H13NOS/c1-2-3-4-5-6-20-42-28-16-14-25(15-17-28)27-21-34-32(35-22-27)26-12-9-24(10-13-26)11-18-30(38)37-19-7-8-29(37)33(41)36-23-31(39)40;1-9(2,3)7-5-4-6(12-7)8(10)11/h9-10,12-17,21-22,29H,2-8,11,18-20,23H2,1H3,(H,36,41)(H,39,40);4-5H,1-3H3,(H2,10,11). The third-order valence-electron chi connectivity index (χ3n) is 9.07. The molecule has 3 amide bonds. The zero-order valence-corrected chi connectivity index (χ0v) is 32.6. The Morgan fingerprint density at radius 1 is 0.907 bits per heavy atom. The van der Waals surface area contributed by atoms with Gasteiger partial charge in [-0.25, -0.2) is 9.97 Å². The lowest BCUT2D eigenvalue weighted by molar-refractivity contribution is -0.140. The highest BCUT2D eigenvalue weighted by molar-refractivity contribution is 7.14. The second-order valence-corrected chi connectivity index (χ2v) is 15.5. The number of rotatable bonds is 16. The molecule has 5 rings (SSSR count). The predicted octanol–water partition coefficient (Wildman–Crippen LogP) is 7.43. The lowest BCUT2D eigenvalue weighted by atomic mass is 9.95. The van der Waals surface area contributed by atoms with E-state index in [1.54, 1.807) is 11.0 Å². The van der Waals surface area contributed by atoms with Crippen LogP contribution in [0.2, 0.25) is 0 Å². The summed E-state index contributed by atoms with van der Waals surface area (Å²) in [7, 11) is 0. The molecule has 0 aliphatic carbocycles. The van der Waals surface area contributed by atoms with E-state index in [1.165, 1.54) is 41.9 Å². The first-order valence-corrected chi connectivity index (χ1v) is 19.5. The van der Waals surface area contributed by atoms with Crippen molar-refractivity contribution < 1.29 is 29.0 Å². The first-order valence-electron chi connectivity index (χ1n) is 18.7. The van der Waals surface area contributed by atoms with Crippen LogP contribution in [0.4, 0.5) is 0 Å². The van der Waals surface area contributed by atoms with E-state index in [-0.39, 0.29) is 23.7 Å². The predicted molar refractivity (Wildman–Crippen MR) is 212 cm³/mol. The number of unbranched alkanes of at least 4 members (excludes halogenated alkanes) is 4. The summed E-state index contributed by atoms with van der Waals surface area (Å²) in [6, 6.07) is 19.0. The van der Waals surface area contributed by atoms with Gasteiger partial charge >= 0.3 is 5.97 Å². The molecule has 1 unspecified atom stereocenters. The van der Waals surface area contributed by atoms with Crippen LogP contribution in [-0.4, -0.2) is 69.4 Å². The van der Waals surface area contributed by atoms with Crippen molar-refractivity contribution in [3.63, 3.8) is 0 Å². The molecule has 1 aliphatic heterocycles. The molecule has 1 atom stereocenters. The van der Waals surface area contributed by atoms with Gasteiger partial charge in [-0.05, 0) is 66.5 Å². The fourth-order valence-electron chi connectivity index (χ4n) is 5.97. The molecule has 288 valence electrons. The van der Waals surface area contributed by atoms with E-state index in [0.717, 1.165) is 47.5 Å². The van der Waals surface area contributed by atoms with Crippen LogP contribution in [0.3, 0.4) is 0 Å². The third kappa shape index (κ3) is 12.8. The molecule has 11 nitrogen and oxygen atoms in total. The van der Waals surface area contributed by atoms with Gasteiger partial charge in [0.1, 0.15) is 18.3 Å². The molecule has 4 N–H and O–H groups in total. The average Bonchev–Trinajstić information content (AvgIpc) is 3.87. The Morgan fingerprint density at radius 3 is 2.17 bits per heavy atom. The number of nitrogens with zero attached hydrogens (tertiary/aromatic N) is 3. The topological polar surface area (TPSA) is 165 Å². The summed E-state index contributed by atoms with van der Waals surface area (Å²) in [5.41, 5.74) is 9.09. The minimum absolute atomic E-state index is 0.104. The number of ether oxygens (including phenoxy) is 1. The maximum absolute atomic E-state index is 12.8. The van der Waals surface area contributed by atoms with Gasteiger partial charge in [-0.2, -0.15) is 0 Å². The zero-order chi connectivity index (χ0) is 39.1. The number of carbonyl (C=O) groups is 4. The van der Waals surface area contributed by atoms with E-state index in [0.29, 0.717) is 30.1 Å². The number of aryl methyl sites for hydroxylation is 1. The van der Waals surface area contributed by atoms with Crippen molar-refractivity contribution in [3.8, 4) is 28.3 Å². The molecule has 0 radical (unpaired) electrons. The molecule has 2 aromatic carbocycles. The lowest BCUT2D eigenvalue weighted by Crippen LogP contribution is -2.47. The molecular formula is C42H53N5O6S. The molecule has 1 saturated heterocycles. The fraction of sp³-hybridized carbons (Fsp3) is 0.429. The van der Waals surface area contributed by atoms with Crippen LogP contribution in [0, 0.1) is 0 Å². The summed E-state index contributed by atoms with van der Waals surface area (Å²) in [5.74, 6) is -0.466. The number of nitrogens with one attached hydrogen (secondary N) is 1. The van der Waals surface area contributed by atoms with Crippen LogP contribution >= 0.6 is 11.3 Å². The molecule has 2 aromatic heterocycles. The van der Waals surface area contributed by atoms with E-state index in [2.05, 4.69) is 43.0 Å². The fourth-order valence-corrected chi connectivity index (χ4v) is 6.89. The first-order chi connectivity index (χ1) is 25.8. The Labute approximate surface area is 322 Å². The highest BCUT2D eigenvalue weighted by atomic mass is 32.1. The van der Waals surface area contributed by atoms with Gasteiger partial charge in [-0.3, -0.25) is 19.2 Å². The molecule has 0 bridgehead atoms. The normalized spacial score (nSPS) is 13.9. The number of hydrogen-bond acceptors (Lipinski definition) is 8. The Balaban J connectivity index is 0.000000460. The Hall–Kier alpha value is -5.10. The zero-order valence-electron chi connectivity index (χ0n) is 31.8. The number of amides is 3. The number of likely N-dealkylation sites (tertiary alicyclic amines) is 1. The second kappa shape index (κ2) is 20.4. The molecule has 12 heteroatoms. The highest BCUT2D eigenvalue weighted by Gasteiger charge is 2.33. The lowest BCUT2D eigenvalue weighted by Gasteiger charge is -2.23. The van der Waals surface area contributed by atoms with E-state index in [9.17, 15) is 19.2 Å². The first kappa shape index (κ1) is 41.7. The summed E-state index contributed by atoms with van der Waals surface area (Å²) in [4.78, 5) is 59.2. The van der Waals surface area contributed by atoms with Gasteiger partial charge in [0.25, 0.3) is 5.91 Å². The molecule has 0 spiro atoms. The summed E-state index contributed by atoms with van der Waals surface area (Å²) >= 11 is 1.47. The van der Waals surface area contributed by atoms with Crippen molar-refractivity contribution in [1.82, 2.24) is 20.2 Å². The number of nitrogens with two attached hydrogens (primary N) is 1. The average molecular weight is 756 g/mol. The largest absolute Gasteiger partial charge is 0.494 e. The van der Waals surface area contributed by atoms with Gasteiger partial charge in [-0.15, -0.1) is 11.3 Å². The Morgan fingerprint density at radius 2 is 1.57 bits per heavy atom. The van der Waals surface area contributed by atoms with E-state index >= 15 is 0 Å². The molecular weight excluding hydrogens is 703 g/mol. The van der Waals surface area contributed by atoms with Crippen molar-refractivity contribution in [1.29, 1.82) is 0 Å². The van der Waals surface area contributed by atoms with Crippen LogP contribution in [0.25, 0.3) is 22.5 Å². The number of primary amides is 1.